The van der Waals surface area contributed by atoms with Gasteiger partial charge in [0.1, 0.15) is 0 Å². The Balaban J connectivity index is 1.65. The van der Waals surface area contributed by atoms with Crippen LogP contribution in [-0.4, -0.2) is 61.5 Å². The zero-order valence-corrected chi connectivity index (χ0v) is 14.3. The van der Waals surface area contributed by atoms with E-state index in [0.717, 1.165) is 50.8 Å². The van der Waals surface area contributed by atoms with Crippen LogP contribution in [-0.2, 0) is 11.3 Å². The SMILES string of the molecule is NC(=O)CN1CCN(Cc2c(Cl)cccc2N2CCCC2)CC1. The third kappa shape index (κ3) is 4.16. The summed E-state index contributed by atoms with van der Waals surface area (Å²) >= 11 is 6.50. The van der Waals surface area contributed by atoms with Crippen molar-refractivity contribution >= 4 is 23.2 Å². The molecule has 0 bridgehead atoms. The number of rotatable bonds is 5. The van der Waals surface area contributed by atoms with E-state index in [-0.39, 0.29) is 5.91 Å². The fourth-order valence-electron chi connectivity index (χ4n) is 3.51. The summed E-state index contributed by atoms with van der Waals surface area (Å²) in [6, 6.07) is 6.22. The summed E-state index contributed by atoms with van der Waals surface area (Å²) in [7, 11) is 0. The molecule has 2 heterocycles. The first-order valence-corrected chi connectivity index (χ1v) is 8.76. The van der Waals surface area contributed by atoms with Crippen molar-refractivity contribution in [3.8, 4) is 0 Å². The lowest BCUT2D eigenvalue weighted by Crippen LogP contribution is -2.48. The molecular formula is C17H25ClN4O. The van der Waals surface area contributed by atoms with Gasteiger partial charge < -0.3 is 10.6 Å². The number of benzene rings is 1. The van der Waals surface area contributed by atoms with Crippen LogP contribution >= 0.6 is 11.6 Å². The largest absolute Gasteiger partial charge is 0.371 e. The van der Waals surface area contributed by atoms with Crippen molar-refractivity contribution in [2.75, 3.05) is 50.7 Å². The van der Waals surface area contributed by atoms with E-state index < -0.39 is 0 Å². The fourth-order valence-corrected chi connectivity index (χ4v) is 3.74. The highest BCUT2D eigenvalue weighted by Gasteiger charge is 2.22. The number of hydrogen-bond donors (Lipinski definition) is 1. The Bertz CT molecular complexity index is 552. The molecular weight excluding hydrogens is 312 g/mol. The first-order chi connectivity index (χ1) is 11.1. The quantitative estimate of drug-likeness (QED) is 0.886. The standard InChI is InChI=1S/C17H25ClN4O/c18-15-4-3-5-16(22-6-1-2-7-22)14(15)12-20-8-10-21(11-9-20)13-17(19)23/h3-5H,1-2,6-13H2,(H2,19,23). The van der Waals surface area contributed by atoms with E-state index >= 15 is 0 Å². The minimum atomic E-state index is -0.249. The van der Waals surface area contributed by atoms with Gasteiger partial charge in [-0.25, -0.2) is 0 Å². The minimum absolute atomic E-state index is 0.249. The minimum Gasteiger partial charge on any atom is -0.371 e. The number of carbonyl (C=O) groups is 1. The van der Waals surface area contributed by atoms with Crippen LogP contribution in [0.25, 0.3) is 0 Å². The van der Waals surface area contributed by atoms with E-state index in [1.807, 2.05) is 12.1 Å². The number of hydrogen-bond acceptors (Lipinski definition) is 4. The summed E-state index contributed by atoms with van der Waals surface area (Å²) in [5.74, 6) is -0.249. The number of amides is 1. The molecule has 2 fully saturated rings. The Hall–Kier alpha value is -1.30. The van der Waals surface area contributed by atoms with Gasteiger partial charge in [-0.05, 0) is 25.0 Å². The zero-order chi connectivity index (χ0) is 16.2. The average molecular weight is 337 g/mol. The molecule has 1 aromatic carbocycles. The van der Waals surface area contributed by atoms with E-state index in [2.05, 4.69) is 20.8 Å². The number of anilines is 1. The van der Waals surface area contributed by atoms with Crippen molar-refractivity contribution in [2.24, 2.45) is 5.73 Å². The van der Waals surface area contributed by atoms with Crippen LogP contribution in [0.4, 0.5) is 5.69 Å². The van der Waals surface area contributed by atoms with E-state index in [1.165, 1.54) is 24.1 Å². The number of nitrogens with two attached hydrogens (primary N) is 1. The van der Waals surface area contributed by atoms with Crippen molar-refractivity contribution in [2.45, 2.75) is 19.4 Å². The fraction of sp³-hybridized carbons (Fsp3) is 0.588. The van der Waals surface area contributed by atoms with Gasteiger partial charge in [-0.15, -0.1) is 0 Å². The highest BCUT2D eigenvalue weighted by molar-refractivity contribution is 6.31. The molecule has 2 saturated heterocycles. The second-order valence-corrected chi connectivity index (χ2v) is 6.86. The zero-order valence-electron chi connectivity index (χ0n) is 13.5. The predicted octanol–water partition coefficient (Wildman–Crippen LogP) is 1.54. The predicted molar refractivity (Wildman–Crippen MR) is 93.8 cm³/mol. The molecule has 2 aliphatic heterocycles. The second-order valence-electron chi connectivity index (χ2n) is 6.45. The molecule has 2 N–H and O–H groups in total. The van der Waals surface area contributed by atoms with Crippen LogP contribution in [0.2, 0.25) is 5.02 Å². The Labute approximate surface area is 143 Å². The topological polar surface area (TPSA) is 52.8 Å². The molecule has 1 amide bonds. The number of primary amides is 1. The lowest BCUT2D eigenvalue weighted by molar-refractivity contribution is -0.119. The van der Waals surface area contributed by atoms with Gasteiger partial charge in [-0.1, -0.05) is 17.7 Å². The molecule has 6 heteroatoms. The number of piperazine rings is 1. The maximum Gasteiger partial charge on any atom is 0.231 e. The average Bonchev–Trinajstić information content (AvgIpc) is 3.05. The Morgan fingerprint density at radius 2 is 1.70 bits per heavy atom. The molecule has 0 radical (unpaired) electrons. The maximum atomic E-state index is 11.0. The highest BCUT2D eigenvalue weighted by Crippen LogP contribution is 2.31. The third-order valence-corrected chi connectivity index (χ3v) is 5.12. The summed E-state index contributed by atoms with van der Waals surface area (Å²) in [4.78, 5) is 18.0. The van der Waals surface area contributed by atoms with Gasteiger partial charge in [0.2, 0.25) is 5.91 Å². The first-order valence-electron chi connectivity index (χ1n) is 8.39. The summed E-state index contributed by atoms with van der Waals surface area (Å²) in [5, 5.41) is 0.856. The van der Waals surface area contributed by atoms with Crippen molar-refractivity contribution in [1.29, 1.82) is 0 Å². The number of halogens is 1. The van der Waals surface area contributed by atoms with Crippen molar-refractivity contribution in [3.63, 3.8) is 0 Å². The van der Waals surface area contributed by atoms with Crippen LogP contribution < -0.4 is 10.6 Å². The molecule has 0 atom stereocenters. The van der Waals surface area contributed by atoms with Gasteiger partial charge in [0.15, 0.2) is 0 Å². The number of nitrogens with zero attached hydrogens (tertiary/aromatic N) is 3. The van der Waals surface area contributed by atoms with Gasteiger partial charge >= 0.3 is 0 Å². The molecule has 0 saturated carbocycles. The van der Waals surface area contributed by atoms with Crippen LogP contribution in [0.5, 0.6) is 0 Å². The second kappa shape index (κ2) is 7.51. The highest BCUT2D eigenvalue weighted by atomic mass is 35.5. The van der Waals surface area contributed by atoms with E-state index in [4.69, 9.17) is 17.3 Å². The van der Waals surface area contributed by atoms with Gasteiger partial charge in [-0.3, -0.25) is 14.6 Å². The van der Waals surface area contributed by atoms with Gasteiger partial charge in [0.25, 0.3) is 0 Å². The van der Waals surface area contributed by atoms with Crippen molar-refractivity contribution in [3.05, 3.63) is 28.8 Å². The summed E-state index contributed by atoms with van der Waals surface area (Å²) in [5.41, 5.74) is 7.80. The monoisotopic (exact) mass is 336 g/mol. The van der Waals surface area contributed by atoms with Crippen LogP contribution in [0.1, 0.15) is 18.4 Å². The molecule has 0 unspecified atom stereocenters. The van der Waals surface area contributed by atoms with Crippen molar-refractivity contribution in [1.82, 2.24) is 9.80 Å². The Kier molecular flexibility index (Phi) is 5.41. The first kappa shape index (κ1) is 16.6. The van der Waals surface area contributed by atoms with E-state index in [1.54, 1.807) is 0 Å². The van der Waals surface area contributed by atoms with Gasteiger partial charge in [-0.2, -0.15) is 0 Å². The third-order valence-electron chi connectivity index (χ3n) is 4.77. The molecule has 1 aromatic rings. The molecule has 0 aliphatic carbocycles. The summed E-state index contributed by atoms with van der Waals surface area (Å²) < 4.78 is 0. The Morgan fingerprint density at radius 3 is 2.35 bits per heavy atom. The van der Waals surface area contributed by atoms with E-state index in [9.17, 15) is 4.79 Å². The molecule has 5 nitrogen and oxygen atoms in total. The molecule has 3 rings (SSSR count). The molecule has 2 aliphatic rings. The van der Waals surface area contributed by atoms with Crippen LogP contribution in [0.3, 0.4) is 0 Å². The van der Waals surface area contributed by atoms with Crippen LogP contribution in [0, 0.1) is 0 Å². The summed E-state index contributed by atoms with van der Waals surface area (Å²) in [6.07, 6.45) is 2.52. The molecule has 0 aromatic heterocycles. The smallest absolute Gasteiger partial charge is 0.231 e. The van der Waals surface area contributed by atoms with Gasteiger partial charge in [0.05, 0.1) is 6.54 Å². The molecule has 23 heavy (non-hydrogen) atoms. The number of carbonyl (C=O) groups excluding carboxylic acids is 1. The van der Waals surface area contributed by atoms with E-state index in [0.29, 0.717) is 6.54 Å². The molecule has 126 valence electrons. The Morgan fingerprint density at radius 1 is 1.04 bits per heavy atom. The van der Waals surface area contributed by atoms with Crippen LogP contribution in [0.15, 0.2) is 18.2 Å². The lowest BCUT2D eigenvalue weighted by atomic mass is 10.1. The van der Waals surface area contributed by atoms with Crippen molar-refractivity contribution < 1.29 is 4.79 Å². The molecule has 0 spiro atoms. The lowest BCUT2D eigenvalue weighted by Gasteiger charge is -2.35. The van der Waals surface area contributed by atoms with Gasteiger partial charge in [0, 0.05) is 62.1 Å². The normalized spacial score (nSPS) is 20.1. The maximum absolute atomic E-state index is 11.0. The summed E-state index contributed by atoms with van der Waals surface area (Å²) in [6.45, 7) is 7.13.